The van der Waals surface area contributed by atoms with Gasteiger partial charge in [-0.1, -0.05) is 26.8 Å². The number of rotatable bonds is 3. The monoisotopic (exact) mass is 258 g/mol. The molecule has 2 rings (SSSR count). The van der Waals surface area contributed by atoms with Gasteiger partial charge in [0.25, 0.3) is 0 Å². The second kappa shape index (κ2) is 4.76. The maximum atomic E-state index is 4.58. The number of hydrogen-bond donors (Lipinski definition) is 0. The summed E-state index contributed by atoms with van der Waals surface area (Å²) >= 11 is 0. The zero-order valence-electron chi connectivity index (χ0n) is 12.4. The molecular weight excluding hydrogens is 236 g/mol. The molecule has 0 aromatic carbocycles. The molecule has 4 nitrogen and oxygen atoms in total. The van der Waals surface area contributed by atoms with Crippen molar-refractivity contribution in [3.63, 3.8) is 0 Å². The molecule has 0 aliphatic rings. The van der Waals surface area contributed by atoms with E-state index in [2.05, 4.69) is 61.8 Å². The molecule has 2 aromatic heterocycles. The van der Waals surface area contributed by atoms with E-state index < -0.39 is 0 Å². The zero-order valence-corrected chi connectivity index (χ0v) is 12.4. The Morgan fingerprint density at radius 2 is 1.84 bits per heavy atom. The van der Waals surface area contributed by atoms with Gasteiger partial charge in [0.1, 0.15) is 12.7 Å². The third kappa shape index (κ3) is 3.19. The van der Waals surface area contributed by atoms with Gasteiger partial charge in [-0.3, -0.25) is 4.98 Å². The molecule has 0 N–H and O–H groups in total. The summed E-state index contributed by atoms with van der Waals surface area (Å²) in [4.78, 5) is 8.59. The largest absolute Gasteiger partial charge is 0.261 e. The normalized spacial score (nSPS) is 12.7. The van der Waals surface area contributed by atoms with Crippen LogP contribution in [0.4, 0.5) is 0 Å². The molecule has 19 heavy (non-hydrogen) atoms. The summed E-state index contributed by atoms with van der Waals surface area (Å²) in [5.74, 6) is 0. The maximum Gasteiger partial charge on any atom is 0.137 e. The van der Waals surface area contributed by atoms with Gasteiger partial charge < -0.3 is 0 Å². The molecule has 0 fully saturated rings. The van der Waals surface area contributed by atoms with Gasteiger partial charge >= 0.3 is 0 Å². The molecule has 0 aliphatic carbocycles. The maximum absolute atomic E-state index is 4.58. The fourth-order valence-corrected chi connectivity index (χ4v) is 2.02. The quantitative estimate of drug-likeness (QED) is 0.850. The Hall–Kier alpha value is -1.71. The molecular formula is C15H22N4. The van der Waals surface area contributed by atoms with Crippen molar-refractivity contribution in [3.8, 4) is 0 Å². The van der Waals surface area contributed by atoms with Gasteiger partial charge in [-0.2, -0.15) is 5.10 Å². The fraction of sp³-hybridized carbons (Fsp3) is 0.533. The molecule has 0 bridgehead atoms. The van der Waals surface area contributed by atoms with Crippen molar-refractivity contribution in [1.82, 2.24) is 19.7 Å². The minimum Gasteiger partial charge on any atom is -0.261 e. The van der Waals surface area contributed by atoms with Crippen molar-refractivity contribution in [2.24, 2.45) is 0 Å². The van der Waals surface area contributed by atoms with Gasteiger partial charge in [0.2, 0.25) is 0 Å². The first-order valence-electron chi connectivity index (χ1n) is 6.59. The van der Waals surface area contributed by atoms with Gasteiger partial charge in [-0.25, -0.2) is 9.67 Å². The highest BCUT2D eigenvalue weighted by Crippen LogP contribution is 2.23. The molecule has 0 spiro atoms. The Labute approximate surface area is 114 Å². The van der Waals surface area contributed by atoms with E-state index in [1.807, 2.05) is 10.9 Å². The molecule has 0 amide bonds. The average molecular weight is 258 g/mol. The highest BCUT2D eigenvalue weighted by Gasteiger charge is 2.22. The van der Waals surface area contributed by atoms with Crippen molar-refractivity contribution in [1.29, 1.82) is 0 Å². The predicted molar refractivity (Wildman–Crippen MR) is 76.0 cm³/mol. The highest BCUT2D eigenvalue weighted by atomic mass is 15.3. The van der Waals surface area contributed by atoms with E-state index in [9.17, 15) is 0 Å². The van der Waals surface area contributed by atoms with Crippen LogP contribution in [0.2, 0.25) is 0 Å². The summed E-state index contributed by atoms with van der Waals surface area (Å²) in [7, 11) is 0. The molecule has 102 valence electrons. The van der Waals surface area contributed by atoms with Crippen molar-refractivity contribution >= 4 is 0 Å². The first-order valence-corrected chi connectivity index (χ1v) is 6.59. The number of nitrogens with zero attached hydrogens (tertiary/aromatic N) is 4. The van der Waals surface area contributed by atoms with Gasteiger partial charge in [0.15, 0.2) is 0 Å². The Balaban J connectivity index is 2.16. The molecule has 0 saturated carbocycles. The van der Waals surface area contributed by atoms with Crippen molar-refractivity contribution in [3.05, 3.63) is 42.2 Å². The van der Waals surface area contributed by atoms with Crippen LogP contribution in [0.25, 0.3) is 0 Å². The van der Waals surface area contributed by atoms with Crippen LogP contribution < -0.4 is 0 Å². The van der Waals surface area contributed by atoms with Gasteiger partial charge in [0, 0.05) is 18.3 Å². The lowest BCUT2D eigenvalue weighted by atomic mass is 9.88. The summed E-state index contributed by atoms with van der Waals surface area (Å²) in [6, 6.07) is 4.28. The lowest BCUT2D eigenvalue weighted by Gasteiger charge is -2.25. The standard InChI is InChI=1S/C15H22N4/c1-14(2,3)12-6-7-13(17-9-12)8-15(4,5)19-11-16-10-18-19/h6-7,9-11H,8H2,1-5H3. The van der Waals surface area contributed by atoms with Gasteiger partial charge in [0.05, 0.1) is 5.54 Å². The Bertz CT molecular complexity index is 518. The molecule has 4 heteroatoms. The van der Waals surface area contributed by atoms with E-state index in [1.165, 1.54) is 5.56 Å². The van der Waals surface area contributed by atoms with E-state index in [-0.39, 0.29) is 11.0 Å². The van der Waals surface area contributed by atoms with E-state index in [0.717, 1.165) is 12.1 Å². The van der Waals surface area contributed by atoms with Crippen LogP contribution >= 0.6 is 0 Å². The third-order valence-corrected chi connectivity index (χ3v) is 3.34. The van der Waals surface area contributed by atoms with Crippen LogP contribution in [0, 0.1) is 0 Å². The summed E-state index contributed by atoms with van der Waals surface area (Å²) in [5.41, 5.74) is 2.36. The van der Waals surface area contributed by atoms with Crippen molar-refractivity contribution in [2.75, 3.05) is 0 Å². The van der Waals surface area contributed by atoms with E-state index >= 15 is 0 Å². The Morgan fingerprint density at radius 3 is 2.32 bits per heavy atom. The molecule has 2 aromatic rings. The lowest BCUT2D eigenvalue weighted by molar-refractivity contribution is 0.313. The summed E-state index contributed by atoms with van der Waals surface area (Å²) in [6.45, 7) is 10.9. The Morgan fingerprint density at radius 1 is 1.11 bits per heavy atom. The van der Waals surface area contributed by atoms with Crippen LogP contribution in [0.5, 0.6) is 0 Å². The SMILES string of the molecule is CC(C)(C)c1ccc(CC(C)(C)n2cncn2)nc1. The van der Waals surface area contributed by atoms with Crippen LogP contribution in [0.15, 0.2) is 31.0 Å². The van der Waals surface area contributed by atoms with E-state index in [4.69, 9.17) is 0 Å². The summed E-state index contributed by atoms with van der Waals surface area (Å²) < 4.78 is 1.88. The second-order valence-electron chi connectivity index (χ2n) is 6.62. The number of pyridine rings is 1. The van der Waals surface area contributed by atoms with Crippen molar-refractivity contribution < 1.29 is 0 Å². The molecule has 2 heterocycles. The smallest absolute Gasteiger partial charge is 0.137 e. The van der Waals surface area contributed by atoms with Crippen molar-refractivity contribution in [2.45, 2.75) is 52.0 Å². The molecule has 0 aliphatic heterocycles. The van der Waals surface area contributed by atoms with Gasteiger partial charge in [-0.15, -0.1) is 0 Å². The molecule has 0 radical (unpaired) electrons. The van der Waals surface area contributed by atoms with Crippen LogP contribution in [-0.4, -0.2) is 19.7 Å². The Kier molecular flexibility index (Phi) is 3.43. The zero-order chi connectivity index (χ0) is 14.1. The number of aromatic nitrogens is 4. The topological polar surface area (TPSA) is 43.6 Å². The predicted octanol–water partition coefficient (Wildman–Crippen LogP) is 2.95. The lowest BCUT2D eigenvalue weighted by Crippen LogP contribution is -2.30. The third-order valence-electron chi connectivity index (χ3n) is 3.34. The fourth-order valence-electron chi connectivity index (χ4n) is 2.02. The first-order chi connectivity index (χ1) is 8.79. The summed E-state index contributed by atoms with van der Waals surface area (Å²) in [6.07, 6.45) is 6.13. The number of hydrogen-bond acceptors (Lipinski definition) is 3. The second-order valence-corrected chi connectivity index (χ2v) is 6.62. The van der Waals surface area contributed by atoms with Crippen LogP contribution in [0.3, 0.4) is 0 Å². The minimum absolute atomic E-state index is 0.118. The van der Waals surface area contributed by atoms with E-state index in [1.54, 1.807) is 12.7 Å². The molecule has 0 atom stereocenters. The van der Waals surface area contributed by atoms with Crippen LogP contribution in [-0.2, 0) is 17.4 Å². The molecule has 0 saturated heterocycles. The summed E-state index contributed by atoms with van der Waals surface area (Å²) in [5, 5.41) is 4.22. The average Bonchev–Trinajstić information content (AvgIpc) is 2.82. The highest BCUT2D eigenvalue weighted by molar-refractivity contribution is 5.21. The first kappa shape index (κ1) is 13.7. The molecule has 0 unspecified atom stereocenters. The van der Waals surface area contributed by atoms with E-state index in [0.29, 0.717) is 0 Å². The minimum atomic E-state index is -0.118. The van der Waals surface area contributed by atoms with Crippen LogP contribution in [0.1, 0.15) is 45.9 Å². The van der Waals surface area contributed by atoms with Gasteiger partial charge in [-0.05, 0) is 30.9 Å².